The first-order valence-electron chi connectivity index (χ1n) is 7.30. The number of aryl methyl sites for hydroxylation is 1. The summed E-state index contributed by atoms with van der Waals surface area (Å²) in [6.07, 6.45) is 1.54. The molecule has 2 N–H and O–H groups in total. The molecular formula is C17H23FN2O. The largest absolute Gasteiger partial charge is 0.464 e. The Bertz CT molecular complexity index is 594. The molecule has 0 amide bonds. The first-order valence-corrected chi connectivity index (χ1v) is 7.30. The minimum atomic E-state index is -0.223. The van der Waals surface area contributed by atoms with Crippen LogP contribution >= 0.6 is 0 Å². The van der Waals surface area contributed by atoms with E-state index in [0.29, 0.717) is 13.0 Å². The molecule has 21 heavy (non-hydrogen) atoms. The Morgan fingerprint density at radius 1 is 1.29 bits per heavy atom. The monoisotopic (exact) mass is 290 g/mol. The molecule has 1 unspecified atom stereocenters. The van der Waals surface area contributed by atoms with E-state index in [1.807, 2.05) is 39.1 Å². The molecule has 1 aromatic heterocycles. The van der Waals surface area contributed by atoms with Gasteiger partial charge < -0.3 is 15.1 Å². The van der Waals surface area contributed by atoms with E-state index in [-0.39, 0.29) is 11.9 Å². The van der Waals surface area contributed by atoms with Crippen LogP contribution in [0.25, 0.3) is 0 Å². The van der Waals surface area contributed by atoms with Gasteiger partial charge in [-0.05, 0) is 55.7 Å². The van der Waals surface area contributed by atoms with Gasteiger partial charge in [0.25, 0.3) is 0 Å². The molecule has 0 aliphatic carbocycles. The summed E-state index contributed by atoms with van der Waals surface area (Å²) in [5.74, 6) is 1.56. The third-order valence-electron chi connectivity index (χ3n) is 3.65. The zero-order valence-corrected chi connectivity index (χ0v) is 12.9. The Morgan fingerprint density at radius 3 is 2.67 bits per heavy atom. The van der Waals surface area contributed by atoms with Crippen molar-refractivity contribution in [3.05, 3.63) is 53.2 Å². The molecule has 1 aromatic carbocycles. The molecule has 1 atom stereocenters. The van der Waals surface area contributed by atoms with Crippen molar-refractivity contribution in [3.63, 3.8) is 0 Å². The van der Waals surface area contributed by atoms with Crippen molar-refractivity contribution in [2.24, 2.45) is 5.73 Å². The summed E-state index contributed by atoms with van der Waals surface area (Å²) in [6.45, 7) is 4.61. The van der Waals surface area contributed by atoms with Crippen molar-refractivity contribution in [1.29, 1.82) is 0 Å². The lowest BCUT2D eigenvalue weighted by atomic mass is 10.0. The van der Waals surface area contributed by atoms with Gasteiger partial charge in [0.1, 0.15) is 17.3 Å². The third-order valence-corrected chi connectivity index (χ3v) is 3.65. The van der Waals surface area contributed by atoms with E-state index in [1.54, 1.807) is 6.07 Å². The smallest absolute Gasteiger partial charge is 0.123 e. The van der Waals surface area contributed by atoms with Crippen molar-refractivity contribution in [2.75, 3.05) is 11.9 Å². The minimum absolute atomic E-state index is 0.0461. The van der Waals surface area contributed by atoms with E-state index in [9.17, 15) is 4.39 Å². The number of anilines is 1. The highest BCUT2D eigenvalue weighted by Crippen LogP contribution is 2.24. The molecule has 0 spiro atoms. The Hall–Kier alpha value is -1.81. The lowest BCUT2D eigenvalue weighted by Gasteiger charge is -2.23. The van der Waals surface area contributed by atoms with Crippen LogP contribution in [-0.4, -0.2) is 13.1 Å². The van der Waals surface area contributed by atoms with Crippen molar-refractivity contribution >= 4 is 5.69 Å². The lowest BCUT2D eigenvalue weighted by molar-refractivity contribution is 0.481. The molecule has 0 fully saturated rings. The van der Waals surface area contributed by atoms with E-state index in [1.165, 1.54) is 6.07 Å². The predicted octanol–water partition coefficient (Wildman–Crippen LogP) is 3.64. The van der Waals surface area contributed by atoms with E-state index in [2.05, 4.69) is 4.90 Å². The second-order valence-electron chi connectivity index (χ2n) is 5.51. The Balaban J connectivity index is 2.20. The van der Waals surface area contributed by atoms with Crippen LogP contribution in [0, 0.1) is 12.7 Å². The average Bonchev–Trinajstić information content (AvgIpc) is 2.84. The SMILES string of the molecule is CCC(N)Cc1cc(F)ccc1N(C)Cc1ccc(C)o1. The zero-order chi connectivity index (χ0) is 15.4. The maximum Gasteiger partial charge on any atom is 0.123 e. The van der Waals surface area contributed by atoms with Gasteiger partial charge in [-0.2, -0.15) is 0 Å². The first kappa shape index (κ1) is 15.6. The number of benzene rings is 1. The van der Waals surface area contributed by atoms with Gasteiger partial charge in [0.2, 0.25) is 0 Å². The van der Waals surface area contributed by atoms with Crippen molar-refractivity contribution < 1.29 is 8.81 Å². The summed E-state index contributed by atoms with van der Waals surface area (Å²) in [4.78, 5) is 2.06. The molecule has 2 rings (SSSR count). The second kappa shape index (κ2) is 6.76. The van der Waals surface area contributed by atoms with E-state index in [0.717, 1.165) is 29.2 Å². The molecule has 0 aliphatic heterocycles. The van der Waals surface area contributed by atoms with E-state index < -0.39 is 0 Å². The summed E-state index contributed by atoms with van der Waals surface area (Å²) >= 11 is 0. The predicted molar refractivity (Wildman–Crippen MR) is 83.9 cm³/mol. The minimum Gasteiger partial charge on any atom is -0.464 e. The van der Waals surface area contributed by atoms with Gasteiger partial charge in [-0.25, -0.2) is 4.39 Å². The van der Waals surface area contributed by atoms with Gasteiger partial charge in [-0.3, -0.25) is 0 Å². The molecule has 0 aliphatic rings. The van der Waals surface area contributed by atoms with Crippen LogP contribution in [0.5, 0.6) is 0 Å². The highest BCUT2D eigenvalue weighted by molar-refractivity contribution is 5.53. The quantitative estimate of drug-likeness (QED) is 0.883. The third kappa shape index (κ3) is 4.08. The van der Waals surface area contributed by atoms with Gasteiger partial charge in [0, 0.05) is 18.8 Å². The van der Waals surface area contributed by atoms with Crippen molar-refractivity contribution in [3.8, 4) is 0 Å². The molecule has 2 aromatic rings. The summed E-state index contributed by atoms with van der Waals surface area (Å²) < 4.78 is 19.1. The molecular weight excluding hydrogens is 267 g/mol. The fourth-order valence-electron chi connectivity index (χ4n) is 2.41. The highest BCUT2D eigenvalue weighted by Gasteiger charge is 2.13. The molecule has 4 heteroatoms. The van der Waals surface area contributed by atoms with Crippen molar-refractivity contribution in [2.45, 2.75) is 39.3 Å². The number of halogens is 1. The van der Waals surface area contributed by atoms with Crippen LogP contribution in [0.2, 0.25) is 0 Å². The first-order chi connectivity index (χ1) is 9.99. The standard InChI is InChI=1S/C17H23FN2O/c1-4-15(19)10-13-9-14(18)6-8-17(13)20(3)11-16-7-5-12(2)21-16/h5-9,15H,4,10-11,19H2,1-3H3. The van der Waals surface area contributed by atoms with Gasteiger partial charge in [-0.1, -0.05) is 6.92 Å². The normalized spacial score (nSPS) is 12.4. The Labute approximate surface area is 125 Å². The number of hydrogen-bond acceptors (Lipinski definition) is 3. The summed E-state index contributed by atoms with van der Waals surface area (Å²) in [6, 6.07) is 8.83. The molecule has 1 heterocycles. The molecule has 0 bridgehead atoms. The Kier molecular flexibility index (Phi) is 5.02. The number of furan rings is 1. The van der Waals surface area contributed by atoms with Gasteiger partial charge in [-0.15, -0.1) is 0 Å². The van der Waals surface area contributed by atoms with E-state index >= 15 is 0 Å². The van der Waals surface area contributed by atoms with E-state index in [4.69, 9.17) is 10.2 Å². The molecule has 0 radical (unpaired) electrons. The maximum absolute atomic E-state index is 13.5. The van der Waals surface area contributed by atoms with Crippen LogP contribution in [0.4, 0.5) is 10.1 Å². The number of nitrogens with two attached hydrogens (primary N) is 1. The molecule has 3 nitrogen and oxygen atoms in total. The van der Waals surface area contributed by atoms with Crippen LogP contribution in [0.3, 0.4) is 0 Å². The van der Waals surface area contributed by atoms with Gasteiger partial charge >= 0.3 is 0 Å². The lowest BCUT2D eigenvalue weighted by Crippen LogP contribution is -2.24. The van der Waals surface area contributed by atoms with Crippen LogP contribution < -0.4 is 10.6 Å². The summed E-state index contributed by atoms with van der Waals surface area (Å²) in [7, 11) is 1.98. The second-order valence-corrected chi connectivity index (χ2v) is 5.51. The summed E-state index contributed by atoms with van der Waals surface area (Å²) in [5.41, 5.74) is 7.96. The van der Waals surface area contributed by atoms with Crippen molar-refractivity contribution in [1.82, 2.24) is 0 Å². The fourth-order valence-corrected chi connectivity index (χ4v) is 2.41. The maximum atomic E-state index is 13.5. The highest BCUT2D eigenvalue weighted by atomic mass is 19.1. The van der Waals surface area contributed by atoms with Crippen LogP contribution in [0.15, 0.2) is 34.7 Å². The van der Waals surface area contributed by atoms with Crippen LogP contribution in [0.1, 0.15) is 30.4 Å². The summed E-state index contributed by atoms with van der Waals surface area (Å²) in [5, 5.41) is 0. The number of nitrogens with zero attached hydrogens (tertiary/aromatic N) is 1. The van der Waals surface area contributed by atoms with Gasteiger partial charge in [0.15, 0.2) is 0 Å². The average molecular weight is 290 g/mol. The Morgan fingerprint density at radius 2 is 2.05 bits per heavy atom. The zero-order valence-electron chi connectivity index (χ0n) is 12.9. The molecule has 0 saturated heterocycles. The fraction of sp³-hybridized carbons (Fsp3) is 0.412. The van der Waals surface area contributed by atoms with Crippen LogP contribution in [-0.2, 0) is 13.0 Å². The van der Waals surface area contributed by atoms with Gasteiger partial charge in [0.05, 0.1) is 6.54 Å². The number of rotatable bonds is 6. The number of hydrogen-bond donors (Lipinski definition) is 1. The molecule has 114 valence electrons. The molecule has 0 saturated carbocycles. The topological polar surface area (TPSA) is 42.4 Å².